The quantitative estimate of drug-likeness (QED) is 0.895. The minimum absolute atomic E-state index is 0.0202. The molecule has 1 aromatic rings. The van der Waals surface area contributed by atoms with Crippen LogP contribution in [0.2, 0.25) is 0 Å². The lowest BCUT2D eigenvalue weighted by Crippen LogP contribution is -2.28. The highest BCUT2D eigenvalue weighted by Gasteiger charge is 2.36. The first-order valence-corrected chi connectivity index (χ1v) is 7.92. The molecule has 5 nitrogen and oxygen atoms in total. The molecule has 2 rings (SSSR count). The second kappa shape index (κ2) is 4.64. The number of aromatic carboxylic acids is 1. The zero-order valence-electron chi connectivity index (χ0n) is 10.2. The minimum atomic E-state index is -3.54. The molecule has 0 bridgehead atoms. The lowest BCUT2D eigenvalue weighted by Gasteiger charge is -2.15. The Balaban J connectivity index is 2.15. The van der Waals surface area contributed by atoms with Crippen LogP contribution in [-0.4, -0.2) is 37.4 Å². The van der Waals surface area contributed by atoms with Crippen molar-refractivity contribution < 1.29 is 18.3 Å². The summed E-state index contributed by atoms with van der Waals surface area (Å²) in [6, 6.07) is 1.22. The molecule has 1 fully saturated rings. The van der Waals surface area contributed by atoms with Crippen molar-refractivity contribution in [1.29, 1.82) is 0 Å². The highest BCUT2D eigenvalue weighted by atomic mass is 32.2. The molecule has 2 atom stereocenters. The summed E-state index contributed by atoms with van der Waals surface area (Å²) in [5.41, 5.74) is 0.0202. The monoisotopic (exact) mass is 289 g/mol. The molecule has 100 valence electrons. The van der Waals surface area contributed by atoms with Crippen LogP contribution in [0.25, 0.3) is 0 Å². The first-order chi connectivity index (χ1) is 8.32. The fourth-order valence-electron chi connectivity index (χ4n) is 1.80. The van der Waals surface area contributed by atoms with Gasteiger partial charge in [-0.15, -0.1) is 11.3 Å². The van der Waals surface area contributed by atoms with Gasteiger partial charge >= 0.3 is 5.97 Å². The Morgan fingerprint density at radius 2 is 2.22 bits per heavy atom. The van der Waals surface area contributed by atoms with E-state index in [4.69, 9.17) is 5.11 Å². The van der Waals surface area contributed by atoms with E-state index in [-0.39, 0.29) is 9.77 Å². The number of nitrogens with zero attached hydrogens (tertiary/aromatic N) is 1. The van der Waals surface area contributed by atoms with E-state index in [1.807, 2.05) is 0 Å². The van der Waals surface area contributed by atoms with Gasteiger partial charge < -0.3 is 5.11 Å². The van der Waals surface area contributed by atoms with E-state index < -0.39 is 16.0 Å². The molecule has 0 radical (unpaired) electrons. The number of rotatable bonds is 5. The van der Waals surface area contributed by atoms with Crippen LogP contribution in [-0.2, 0) is 10.0 Å². The number of carbonyl (C=O) groups is 1. The first kappa shape index (κ1) is 13.5. The molecule has 1 N–H and O–H groups in total. The average Bonchev–Trinajstić information content (AvgIpc) is 2.83. The Labute approximate surface area is 110 Å². The molecule has 0 saturated heterocycles. The SMILES string of the molecule is CC1CC1CN(C)S(=O)(=O)c1cc(C(=O)O)cs1. The van der Waals surface area contributed by atoms with Gasteiger partial charge in [-0.25, -0.2) is 13.2 Å². The van der Waals surface area contributed by atoms with Gasteiger partial charge in [0.1, 0.15) is 4.21 Å². The van der Waals surface area contributed by atoms with E-state index in [2.05, 4.69) is 6.92 Å². The molecular formula is C11H15NO4S2. The summed E-state index contributed by atoms with van der Waals surface area (Å²) in [4.78, 5) is 10.7. The van der Waals surface area contributed by atoms with Crippen molar-refractivity contribution in [3.8, 4) is 0 Å². The Bertz CT molecular complexity index is 563. The van der Waals surface area contributed by atoms with E-state index in [0.29, 0.717) is 18.4 Å². The van der Waals surface area contributed by atoms with Crippen molar-refractivity contribution in [2.45, 2.75) is 17.6 Å². The predicted octanol–water partition coefficient (Wildman–Crippen LogP) is 1.72. The predicted molar refractivity (Wildman–Crippen MR) is 68.4 cm³/mol. The maximum atomic E-state index is 12.2. The molecule has 7 heteroatoms. The van der Waals surface area contributed by atoms with Crippen LogP contribution in [0.1, 0.15) is 23.7 Å². The van der Waals surface area contributed by atoms with Crippen molar-refractivity contribution in [3.63, 3.8) is 0 Å². The van der Waals surface area contributed by atoms with Crippen molar-refractivity contribution in [2.24, 2.45) is 11.8 Å². The standard InChI is InChI=1S/C11H15NO4S2/c1-7-3-8(7)5-12(2)18(15,16)10-4-9(6-17-10)11(13)14/h4,6-8H,3,5H2,1-2H3,(H,13,14). The lowest BCUT2D eigenvalue weighted by atomic mass is 10.3. The van der Waals surface area contributed by atoms with Gasteiger partial charge in [0, 0.05) is 19.0 Å². The number of sulfonamides is 1. The maximum Gasteiger partial charge on any atom is 0.336 e. The van der Waals surface area contributed by atoms with Crippen LogP contribution in [0.3, 0.4) is 0 Å². The van der Waals surface area contributed by atoms with Crippen molar-refractivity contribution in [2.75, 3.05) is 13.6 Å². The Morgan fingerprint density at radius 1 is 1.61 bits per heavy atom. The third kappa shape index (κ3) is 2.57. The lowest BCUT2D eigenvalue weighted by molar-refractivity contribution is 0.0697. The van der Waals surface area contributed by atoms with Crippen LogP contribution < -0.4 is 0 Å². The van der Waals surface area contributed by atoms with Crippen LogP contribution in [0, 0.1) is 11.8 Å². The van der Waals surface area contributed by atoms with E-state index in [1.165, 1.54) is 15.8 Å². The zero-order valence-corrected chi connectivity index (χ0v) is 11.8. The molecule has 0 aromatic carbocycles. The van der Waals surface area contributed by atoms with Gasteiger partial charge in [0.05, 0.1) is 5.56 Å². The summed E-state index contributed by atoms with van der Waals surface area (Å²) in [5, 5.41) is 10.1. The number of carboxylic acid groups (broad SMARTS) is 1. The summed E-state index contributed by atoms with van der Waals surface area (Å²) in [6.45, 7) is 2.60. The molecule has 1 saturated carbocycles. The second-order valence-corrected chi connectivity index (χ2v) is 7.90. The fourth-order valence-corrected chi connectivity index (χ4v) is 4.39. The minimum Gasteiger partial charge on any atom is -0.478 e. The number of hydrogen-bond acceptors (Lipinski definition) is 4. The zero-order chi connectivity index (χ0) is 13.5. The van der Waals surface area contributed by atoms with Gasteiger partial charge in [-0.2, -0.15) is 4.31 Å². The van der Waals surface area contributed by atoms with Crippen molar-refractivity contribution in [1.82, 2.24) is 4.31 Å². The highest BCUT2D eigenvalue weighted by Crippen LogP contribution is 2.39. The van der Waals surface area contributed by atoms with Gasteiger partial charge in [0.25, 0.3) is 10.0 Å². The normalized spacial score (nSPS) is 23.3. The summed E-state index contributed by atoms with van der Waals surface area (Å²) < 4.78 is 25.8. The maximum absolute atomic E-state index is 12.2. The molecule has 1 aliphatic carbocycles. The molecule has 2 unspecified atom stereocenters. The topological polar surface area (TPSA) is 74.7 Å². The summed E-state index contributed by atoms with van der Waals surface area (Å²) in [5.74, 6) is -0.0876. The van der Waals surface area contributed by atoms with Gasteiger partial charge in [-0.3, -0.25) is 0 Å². The Hall–Kier alpha value is -0.920. The van der Waals surface area contributed by atoms with Crippen LogP contribution >= 0.6 is 11.3 Å². The van der Waals surface area contributed by atoms with E-state index in [1.54, 1.807) is 7.05 Å². The molecular weight excluding hydrogens is 274 g/mol. The molecule has 0 aliphatic heterocycles. The fraction of sp³-hybridized carbons (Fsp3) is 0.545. The van der Waals surface area contributed by atoms with Gasteiger partial charge in [-0.1, -0.05) is 6.92 Å². The van der Waals surface area contributed by atoms with Crippen LogP contribution in [0.4, 0.5) is 0 Å². The van der Waals surface area contributed by atoms with Crippen LogP contribution in [0.15, 0.2) is 15.7 Å². The second-order valence-electron chi connectivity index (χ2n) is 4.72. The smallest absolute Gasteiger partial charge is 0.336 e. The van der Waals surface area contributed by atoms with Crippen molar-refractivity contribution >= 4 is 27.3 Å². The van der Waals surface area contributed by atoms with Gasteiger partial charge in [0.2, 0.25) is 0 Å². The first-order valence-electron chi connectivity index (χ1n) is 5.60. The molecule has 0 amide bonds. The molecule has 0 spiro atoms. The largest absolute Gasteiger partial charge is 0.478 e. The summed E-state index contributed by atoms with van der Waals surface area (Å²) >= 11 is 0.951. The van der Waals surface area contributed by atoms with E-state index >= 15 is 0 Å². The third-order valence-electron chi connectivity index (χ3n) is 3.25. The van der Waals surface area contributed by atoms with Crippen molar-refractivity contribution in [3.05, 3.63) is 17.0 Å². The van der Waals surface area contributed by atoms with Gasteiger partial charge in [0.15, 0.2) is 0 Å². The van der Waals surface area contributed by atoms with E-state index in [9.17, 15) is 13.2 Å². The number of hydrogen-bond donors (Lipinski definition) is 1. The van der Waals surface area contributed by atoms with Crippen LogP contribution in [0.5, 0.6) is 0 Å². The number of carboxylic acids is 1. The molecule has 1 heterocycles. The van der Waals surface area contributed by atoms with Gasteiger partial charge in [-0.05, 0) is 24.3 Å². The summed E-state index contributed by atoms with van der Waals surface area (Å²) in [7, 11) is -2.00. The summed E-state index contributed by atoms with van der Waals surface area (Å²) in [6.07, 6.45) is 1.06. The molecule has 18 heavy (non-hydrogen) atoms. The molecule has 1 aromatic heterocycles. The number of thiophene rings is 1. The Kier molecular flexibility index (Phi) is 3.48. The van der Waals surface area contributed by atoms with E-state index in [0.717, 1.165) is 17.8 Å². The average molecular weight is 289 g/mol. The molecule has 1 aliphatic rings. The third-order valence-corrected chi connectivity index (χ3v) is 6.49. The highest BCUT2D eigenvalue weighted by molar-refractivity contribution is 7.91. The Morgan fingerprint density at radius 3 is 2.67 bits per heavy atom.